The molecule has 15 heavy (non-hydrogen) atoms. The second-order valence-electron chi connectivity index (χ2n) is 4.61. The third kappa shape index (κ3) is 3.67. The third-order valence-corrected chi connectivity index (χ3v) is 2.99. The molecule has 0 aliphatic carbocycles. The van der Waals surface area contributed by atoms with E-state index in [1.807, 2.05) is 6.92 Å². The number of hydrogen-bond donors (Lipinski definition) is 1. The smallest absolute Gasteiger partial charge is 0.0543 e. The summed E-state index contributed by atoms with van der Waals surface area (Å²) in [6.45, 7) is 8.27. The summed E-state index contributed by atoms with van der Waals surface area (Å²) in [5, 5.41) is 9.61. The molecule has 0 saturated heterocycles. The Morgan fingerprint density at radius 1 is 1.13 bits per heavy atom. The Bertz CT molecular complexity index is 295. The highest BCUT2D eigenvalue weighted by Gasteiger charge is 2.13. The van der Waals surface area contributed by atoms with Gasteiger partial charge in [-0.1, -0.05) is 42.7 Å². The van der Waals surface area contributed by atoms with Gasteiger partial charge in [0.25, 0.3) is 0 Å². The van der Waals surface area contributed by atoms with E-state index in [-0.39, 0.29) is 6.10 Å². The lowest BCUT2D eigenvalue weighted by Crippen LogP contribution is -2.18. The van der Waals surface area contributed by atoms with Crippen LogP contribution in [0, 0.1) is 19.8 Å². The molecule has 0 aliphatic heterocycles. The van der Waals surface area contributed by atoms with Gasteiger partial charge in [-0.3, -0.25) is 0 Å². The van der Waals surface area contributed by atoms with Crippen molar-refractivity contribution in [2.24, 2.45) is 5.92 Å². The van der Waals surface area contributed by atoms with Gasteiger partial charge in [-0.2, -0.15) is 0 Å². The zero-order valence-corrected chi connectivity index (χ0v) is 10.2. The Morgan fingerprint density at radius 2 is 1.67 bits per heavy atom. The molecule has 1 aromatic rings. The summed E-state index contributed by atoms with van der Waals surface area (Å²) in [6, 6.07) is 6.63. The van der Waals surface area contributed by atoms with E-state index in [0.717, 1.165) is 12.8 Å². The molecule has 0 bridgehead atoms. The van der Waals surface area contributed by atoms with Crippen LogP contribution in [-0.2, 0) is 6.42 Å². The lowest BCUT2D eigenvalue weighted by atomic mass is 9.91. The fourth-order valence-electron chi connectivity index (χ4n) is 2.15. The van der Waals surface area contributed by atoms with Gasteiger partial charge in [-0.25, -0.2) is 0 Å². The highest BCUT2D eigenvalue weighted by atomic mass is 16.3. The highest BCUT2D eigenvalue weighted by Crippen LogP contribution is 2.18. The van der Waals surface area contributed by atoms with E-state index in [1.54, 1.807) is 0 Å². The predicted octanol–water partition coefficient (Wildman–Crippen LogP) is 3.25. The average Bonchev–Trinajstić information content (AvgIpc) is 2.12. The first kappa shape index (κ1) is 12.3. The van der Waals surface area contributed by atoms with Crippen molar-refractivity contribution in [2.75, 3.05) is 0 Å². The van der Waals surface area contributed by atoms with Gasteiger partial charge < -0.3 is 5.11 Å². The number of aryl methyl sites for hydroxylation is 2. The van der Waals surface area contributed by atoms with E-state index in [0.29, 0.717) is 5.92 Å². The van der Waals surface area contributed by atoms with Crippen LogP contribution in [0.1, 0.15) is 37.0 Å². The van der Waals surface area contributed by atoms with Gasteiger partial charge in [0.2, 0.25) is 0 Å². The van der Waals surface area contributed by atoms with Gasteiger partial charge in [0.15, 0.2) is 0 Å². The molecule has 0 saturated carbocycles. The van der Waals surface area contributed by atoms with Crippen LogP contribution < -0.4 is 0 Å². The fraction of sp³-hybridized carbons (Fsp3) is 0.571. The largest absolute Gasteiger partial charge is 0.393 e. The van der Waals surface area contributed by atoms with Crippen LogP contribution in [0.25, 0.3) is 0 Å². The quantitative estimate of drug-likeness (QED) is 0.801. The Kier molecular flexibility index (Phi) is 4.34. The molecule has 1 N–H and O–H groups in total. The molecule has 0 spiro atoms. The van der Waals surface area contributed by atoms with Crippen LogP contribution in [0.4, 0.5) is 0 Å². The summed E-state index contributed by atoms with van der Waals surface area (Å²) >= 11 is 0. The standard InChI is InChI=1S/C14H22O/c1-5-14(12(4)15)9-13-7-10(2)6-11(3)8-13/h6-8,12,14-15H,5,9H2,1-4H3. The van der Waals surface area contributed by atoms with E-state index in [4.69, 9.17) is 0 Å². The van der Waals surface area contributed by atoms with E-state index >= 15 is 0 Å². The molecular formula is C14H22O. The minimum atomic E-state index is -0.212. The molecule has 0 aliphatic rings. The summed E-state index contributed by atoms with van der Waals surface area (Å²) in [5.74, 6) is 0.381. The number of rotatable bonds is 4. The topological polar surface area (TPSA) is 20.2 Å². The van der Waals surface area contributed by atoms with Gasteiger partial charge in [0.1, 0.15) is 0 Å². The van der Waals surface area contributed by atoms with Gasteiger partial charge in [-0.05, 0) is 38.7 Å². The maximum Gasteiger partial charge on any atom is 0.0543 e. The van der Waals surface area contributed by atoms with Crippen LogP contribution in [-0.4, -0.2) is 11.2 Å². The van der Waals surface area contributed by atoms with Crippen LogP contribution in [0.3, 0.4) is 0 Å². The molecule has 0 aromatic heterocycles. The fourth-order valence-corrected chi connectivity index (χ4v) is 2.15. The number of aliphatic hydroxyl groups excluding tert-OH is 1. The summed E-state index contributed by atoms with van der Waals surface area (Å²) < 4.78 is 0. The van der Waals surface area contributed by atoms with Gasteiger partial charge in [0.05, 0.1) is 6.10 Å². The van der Waals surface area contributed by atoms with Crippen molar-refractivity contribution in [3.05, 3.63) is 34.9 Å². The van der Waals surface area contributed by atoms with Crippen molar-refractivity contribution < 1.29 is 5.11 Å². The van der Waals surface area contributed by atoms with E-state index in [9.17, 15) is 5.11 Å². The minimum absolute atomic E-state index is 0.212. The summed E-state index contributed by atoms with van der Waals surface area (Å²) in [4.78, 5) is 0. The maximum atomic E-state index is 9.61. The second kappa shape index (κ2) is 5.32. The van der Waals surface area contributed by atoms with Crippen molar-refractivity contribution in [3.63, 3.8) is 0 Å². The number of aliphatic hydroxyl groups is 1. The molecule has 0 radical (unpaired) electrons. The van der Waals surface area contributed by atoms with E-state index < -0.39 is 0 Å². The predicted molar refractivity (Wildman–Crippen MR) is 65.1 cm³/mol. The monoisotopic (exact) mass is 206 g/mol. The van der Waals surface area contributed by atoms with Crippen molar-refractivity contribution in [1.82, 2.24) is 0 Å². The Labute approximate surface area is 93.1 Å². The SMILES string of the molecule is CCC(Cc1cc(C)cc(C)c1)C(C)O. The Balaban J connectivity index is 2.79. The Morgan fingerprint density at radius 3 is 2.07 bits per heavy atom. The second-order valence-corrected chi connectivity index (χ2v) is 4.61. The van der Waals surface area contributed by atoms with Crippen molar-refractivity contribution in [3.8, 4) is 0 Å². The molecule has 0 fully saturated rings. The van der Waals surface area contributed by atoms with E-state index in [2.05, 4.69) is 39.0 Å². The average molecular weight is 206 g/mol. The first-order valence-electron chi connectivity index (χ1n) is 5.78. The zero-order chi connectivity index (χ0) is 11.4. The van der Waals surface area contributed by atoms with Crippen LogP contribution in [0.15, 0.2) is 18.2 Å². The molecule has 1 rings (SSSR count). The first-order chi connectivity index (χ1) is 7.02. The molecule has 1 nitrogen and oxygen atoms in total. The van der Waals surface area contributed by atoms with Crippen molar-refractivity contribution in [2.45, 2.75) is 46.6 Å². The van der Waals surface area contributed by atoms with Crippen molar-refractivity contribution >= 4 is 0 Å². The third-order valence-electron chi connectivity index (χ3n) is 2.99. The number of benzene rings is 1. The lowest BCUT2D eigenvalue weighted by Gasteiger charge is -2.18. The zero-order valence-electron chi connectivity index (χ0n) is 10.2. The number of hydrogen-bond acceptors (Lipinski definition) is 1. The van der Waals surface area contributed by atoms with Crippen LogP contribution in [0.5, 0.6) is 0 Å². The molecule has 1 heteroatoms. The summed E-state index contributed by atoms with van der Waals surface area (Å²) in [5.41, 5.74) is 3.97. The maximum absolute atomic E-state index is 9.61. The van der Waals surface area contributed by atoms with Gasteiger partial charge in [-0.15, -0.1) is 0 Å². The van der Waals surface area contributed by atoms with E-state index in [1.165, 1.54) is 16.7 Å². The van der Waals surface area contributed by atoms with Crippen molar-refractivity contribution in [1.29, 1.82) is 0 Å². The Hall–Kier alpha value is -0.820. The highest BCUT2D eigenvalue weighted by molar-refractivity contribution is 5.28. The molecule has 1 aromatic carbocycles. The van der Waals surface area contributed by atoms with Crippen LogP contribution >= 0.6 is 0 Å². The molecule has 0 amide bonds. The summed E-state index contributed by atoms with van der Waals surface area (Å²) in [6.07, 6.45) is 1.80. The first-order valence-corrected chi connectivity index (χ1v) is 5.78. The lowest BCUT2D eigenvalue weighted by molar-refractivity contribution is 0.123. The molecule has 0 heterocycles. The normalized spacial score (nSPS) is 15.0. The minimum Gasteiger partial charge on any atom is -0.393 e. The molecule has 2 atom stereocenters. The van der Waals surface area contributed by atoms with Crippen LogP contribution in [0.2, 0.25) is 0 Å². The molecule has 84 valence electrons. The molecular weight excluding hydrogens is 184 g/mol. The summed E-state index contributed by atoms with van der Waals surface area (Å²) in [7, 11) is 0. The molecule has 2 unspecified atom stereocenters. The van der Waals surface area contributed by atoms with Gasteiger partial charge in [0, 0.05) is 0 Å². The van der Waals surface area contributed by atoms with Gasteiger partial charge >= 0.3 is 0 Å².